The Labute approximate surface area is 191 Å². The summed E-state index contributed by atoms with van der Waals surface area (Å²) in [6.07, 6.45) is 0.646. The van der Waals surface area contributed by atoms with Gasteiger partial charge in [-0.15, -0.1) is 0 Å². The molecule has 2 aliphatic rings. The first-order valence-electron chi connectivity index (χ1n) is 10.6. The maximum atomic E-state index is 13.9. The number of hydrogen-bond acceptors (Lipinski definition) is 5. The fraction of sp³-hybridized carbons (Fsp3) is 0.417. The van der Waals surface area contributed by atoms with E-state index in [9.17, 15) is 14.0 Å². The van der Waals surface area contributed by atoms with Crippen LogP contribution in [0.5, 0.6) is 5.75 Å². The van der Waals surface area contributed by atoms with Crippen LogP contribution < -0.4 is 10.1 Å². The second-order valence-electron chi connectivity index (χ2n) is 8.43. The van der Waals surface area contributed by atoms with E-state index in [0.717, 1.165) is 5.56 Å². The number of benzene rings is 2. The largest absolute Gasteiger partial charge is 0.415 e. The smallest absolute Gasteiger partial charge is 0.410 e. The number of Topliss-reactive ketones (excluding diaryl/α,β-unsaturated/α-hetero) is 1. The van der Waals surface area contributed by atoms with Crippen molar-refractivity contribution < 1.29 is 23.5 Å². The van der Waals surface area contributed by atoms with E-state index in [1.807, 2.05) is 12.1 Å². The van der Waals surface area contributed by atoms with Gasteiger partial charge in [-0.1, -0.05) is 23.7 Å². The third-order valence-corrected chi connectivity index (χ3v) is 6.96. The second-order valence-corrected chi connectivity index (χ2v) is 8.87. The highest BCUT2D eigenvalue weighted by atomic mass is 35.5. The third kappa shape index (κ3) is 4.12. The van der Waals surface area contributed by atoms with Crippen LogP contribution in [-0.2, 0) is 9.53 Å². The summed E-state index contributed by atoms with van der Waals surface area (Å²) >= 11 is 6.07. The normalized spacial score (nSPS) is 26.9. The van der Waals surface area contributed by atoms with Gasteiger partial charge in [-0.05, 0) is 54.8 Å². The van der Waals surface area contributed by atoms with E-state index in [0.29, 0.717) is 31.0 Å². The van der Waals surface area contributed by atoms with E-state index < -0.39 is 17.4 Å². The Hall–Kier alpha value is -2.48. The van der Waals surface area contributed by atoms with Crippen molar-refractivity contribution in [3.05, 3.63) is 64.9 Å². The van der Waals surface area contributed by atoms with Crippen LogP contribution in [-0.4, -0.2) is 55.7 Å². The summed E-state index contributed by atoms with van der Waals surface area (Å²) in [5.41, 5.74) is -0.217. The Morgan fingerprint density at radius 2 is 1.78 bits per heavy atom. The van der Waals surface area contributed by atoms with Gasteiger partial charge >= 0.3 is 6.09 Å². The van der Waals surface area contributed by atoms with E-state index in [1.54, 1.807) is 26.3 Å². The molecule has 4 rings (SSSR count). The lowest BCUT2D eigenvalue weighted by atomic mass is 9.67. The number of rotatable bonds is 6. The molecule has 0 bridgehead atoms. The summed E-state index contributed by atoms with van der Waals surface area (Å²) in [7, 11) is 3.23. The Bertz CT molecular complexity index is 978. The molecule has 1 amide bonds. The quantitative estimate of drug-likeness (QED) is 0.705. The minimum absolute atomic E-state index is 0.00527. The number of halogens is 2. The lowest BCUT2D eigenvalue weighted by Gasteiger charge is -2.45. The van der Waals surface area contributed by atoms with Gasteiger partial charge in [-0.2, -0.15) is 0 Å². The third-order valence-electron chi connectivity index (χ3n) is 6.71. The van der Waals surface area contributed by atoms with Crippen LogP contribution in [0, 0.1) is 11.7 Å². The van der Waals surface area contributed by atoms with E-state index in [1.165, 1.54) is 29.2 Å². The molecular formula is C24H26ClFN2O4. The number of nitrogens with one attached hydrogen (secondary N) is 1. The summed E-state index contributed by atoms with van der Waals surface area (Å²) in [6, 6.07) is 12.5. The first kappa shape index (κ1) is 22.7. The number of likely N-dealkylation sites (N-methyl/N-ethyl adjacent to an activating group) is 1. The Morgan fingerprint density at radius 3 is 2.41 bits per heavy atom. The van der Waals surface area contributed by atoms with E-state index >= 15 is 0 Å². The van der Waals surface area contributed by atoms with Gasteiger partial charge in [0.2, 0.25) is 0 Å². The zero-order valence-corrected chi connectivity index (χ0v) is 18.8. The van der Waals surface area contributed by atoms with Crippen molar-refractivity contribution in [2.24, 2.45) is 5.92 Å². The van der Waals surface area contributed by atoms with Gasteiger partial charge < -0.3 is 14.8 Å². The first-order valence-corrected chi connectivity index (χ1v) is 11.0. The van der Waals surface area contributed by atoms with E-state index in [-0.39, 0.29) is 29.5 Å². The fourth-order valence-corrected chi connectivity index (χ4v) is 4.85. The first-order chi connectivity index (χ1) is 15.3. The van der Waals surface area contributed by atoms with E-state index in [2.05, 4.69) is 5.32 Å². The zero-order chi connectivity index (χ0) is 22.9. The predicted molar refractivity (Wildman–Crippen MR) is 119 cm³/mol. The molecule has 1 saturated heterocycles. The average Bonchev–Trinajstić information content (AvgIpc) is 3.20. The highest BCUT2D eigenvalue weighted by molar-refractivity contribution is 6.30. The number of methoxy groups -OCH3 is 1. The number of carbonyl (C=O) groups excluding carboxylic acids is 2. The van der Waals surface area contributed by atoms with Crippen molar-refractivity contribution in [1.82, 2.24) is 10.2 Å². The van der Waals surface area contributed by atoms with Gasteiger partial charge in [0.05, 0.1) is 6.10 Å². The minimum atomic E-state index is -1.13. The lowest BCUT2D eigenvalue weighted by Crippen LogP contribution is -2.63. The molecule has 0 spiro atoms. The predicted octanol–water partition coefficient (Wildman–Crippen LogP) is 4.03. The molecule has 2 atom stereocenters. The number of carbonyl (C=O) groups is 2. The molecule has 170 valence electrons. The van der Waals surface area contributed by atoms with Gasteiger partial charge in [0.1, 0.15) is 17.1 Å². The van der Waals surface area contributed by atoms with Crippen molar-refractivity contribution >= 4 is 23.5 Å². The monoisotopic (exact) mass is 460 g/mol. The molecule has 0 radical (unpaired) electrons. The van der Waals surface area contributed by atoms with Crippen LogP contribution in [0.1, 0.15) is 24.3 Å². The Balaban J connectivity index is 1.66. The molecule has 1 aliphatic carbocycles. The molecule has 1 N–H and O–H groups in total. The number of ketones is 1. The summed E-state index contributed by atoms with van der Waals surface area (Å²) in [5, 5.41) is 3.91. The van der Waals surface area contributed by atoms with Crippen molar-refractivity contribution in [1.29, 1.82) is 0 Å². The molecule has 0 unspecified atom stereocenters. The molecule has 0 aromatic heterocycles. The summed E-state index contributed by atoms with van der Waals surface area (Å²) in [5.74, 6) is -0.696. The molecule has 2 fully saturated rings. The van der Waals surface area contributed by atoms with Gasteiger partial charge in [-0.3, -0.25) is 9.69 Å². The molecule has 2 aromatic carbocycles. The van der Waals surface area contributed by atoms with Crippen LogP contribution in [0.15, 0.2) is 48.5 Å². The van der Waals surface area contributed by atoms with Crippen molar-refractivity contribution in [3.63, 3.8) is 0 Å². The van der Waals surface area contributed by atoms with Crippen molar-refractivity contribution in [2.45, 2.75) is 30.4 Å². The minimum Gasteiger partial charge on any atom is -0.410 e. The molecule has 1 heterocycles. The summed E-state index contributed by atoms with van der Waals surface area (Å²) < 4.78 is 24.1. The second kappa shape index (κ2) is 9.17. The number of nitrogens with zero attached hydrogens (tertiary/aromatic N) is 1. The van der Waals surface area contributed by atoms with E-state index in [4.69, 9.17) is 21.1 Å². The lowest BCUT2D eigenvalue weighted by molar-refractivity contribution is -0.141. The van der Waals surface area contributed by atoms with Crippen molar-refractivity contribution in [2.75, 3.05) is 27.2 Å². The van der Waals surface area contributed by atoms with Crippen LogP contribution >= 0.6 is 11.6 Å². The molecule has 8 heteroatoms. The molecule has 1 saturated carbocycles. The van der Waals surface area contributed by atoms with Crippen LogP contribution in [0.3, 0.4) is 0 Å². The maximum absolute atomic E-state index is 13.9. The highest BCUT2D eigenvalue weighted by Crippen LogP contribution is 2.43. The molecule has 6 nitrogen and oxygen atoms in total. The Kier molecular flexibility index (Phi) is 6.51. The SMILES string of the molecule is COC1CC(C(=O)[C@@]2(N(C)C(=O)Oc3ccc(F)cc3)CNC[C@H]2c2ccc(Cl)cc2)C1. The van der Waals surface area contributed by atoms with Crippen LogP contribution in [0.25, 0.3) is 0 Å². The number of ether oxygens (including phenoxy) is 2. The average molecular weight is 461 g/mol. The maximum Gasteiger partial charge on any atom is 0.415 e. The van der Waals surface area contributed by atoms with Gasteiger partial charge in [-0.25, -0.2) is 9.18 Å². The summed E-state index contributed by atoms with van der Waals surface area (Å²) in [6.45, 7) is 0.838. The topological polar surface area (TPSA) is 67.9 Å². The van der Waals surface area contributed by atoms with Crippen molar-refractivity contribution in [3.8, 4) is 5.75 Å². The fourth-order valence-electron chi connectivity index (χ4n) is 4.72. The van der Waals surface area contributed by atoms with Crippen LogP contribution in [0.4, 0.5) is 9.18 Å². The van der Waals surface area contributed by atoms with Gasteiger partial charge in [0.25, 0.3) is 0 Å². The molecule has 32 heavy (non-hydrogen) atoms. The summed E-state index contributed by atoms with van der Waals surface area (Å²) in [4.78, 5) is 28.4. The van der Waals surface area contributed by atoms with Gasteiger partial charge in [0, 0.05) is 44.1 Å². The highest BCUT2D eigenvalue weighted by Gasteiger charge is 2.57. The van der Waals surface area contributed by atoms with Crippen LogP contribution in [0.2, 0.25) is 5.02 Å². The van der Waals surface area contributed by atoms with Gasteiger partial charge in [0.15, 0.2) is 5.78 Å². The zero-order valence-electron chi connectivity index (χ0n) is 18.0. The molecule has 2 aromatic rings. The number of hydrogen-bond donors (Lipinski definition) is 1. The number of amides is 1. The standard InChI is InChI=1S/C24H26ClFN2O4/c1-28(23(30)32-19-9-7-18(26)8-10-19)24(22(29)16-11-20(12-16)31-2)14-27-13-21(24)15-3-5-17(25)6-4-15/h3-10,16,20-21,27H,11-14H2,1-2H3/t16?,20?,21-,24+/m0/s1. The molecule has 1 aliphatic heterocycles. The molecular weight excluding hydrogens is 435 g/mol. The Morgan fingerprint density at radius 1 is 1.12 bits per heavy atom.